The number of amides is 1. The summed E-state index contributed by atoms with van der Waals surface area (Å²) in [7, 11) is 0. The van der Waals surface area contributed by atoms with Gasteiger partial charge in [-0.25, -0.2) is 0 Å². The quantitative estimate of drug-likeness (QED) is 0.888. The molecule has 3 heterocycles. The van der Waals surface area contributed by atoms with Crippen molar-refractivity contribution in [2.24, 2.45) is 5.92 Å². The maximum Gasteiger partial charge on any atom is 0.253 e. The number of nitrogens with zero attached hydrogens (tertiary/aromatic N) is 3. The number of nitrogens with one attached hydrogen (secondary N) is 1. The Morgan fingerprint density at radius 1 is 1.14 bits per heavy atom. The first kappa shape index (κ1) is 19.1. The van der Waals surface area contributed by atoms with Crippen LogP contribution in [0.25, 0.3) is 0 Å². The Kier molecular flexibility index (Phi) is 5.47. The van der Waals surface area contributed by atoms with Crippen LogP contribution in [0.3, 0.4) is 0 Å². The van der Waals surface area contributed by atoms with Crippen LogP contribution in [0.15, 0.2) is 54.9 Å². The molecule has 28 heavy (non-hydrogen) atoms. The molecule has 2 aliphatic rings. The van der Waals surface area contributed by atoms with Crippen molar-refractivity contribution in [1.29, 1.82) is 0 Å². The summed E-state index contributed by atoms with van der Waals surface area (Å²) in [5.74, 6) is 0.708. The molecule has 1 amide bonds. The largest absolute Gasteiger partial charge is 0.338 e. The summed E-state index contributed by atoms with van der Waals surface area (Å²) in [6.45, 7) is 8.16. The standard InChI is InChI=1S/C23H30N4O/c1-18(2)21-17-27(16-19-6-4-3-5-7-19)23(25-21)10-14-26(15-11-23)22(28)20-8-12-24-13-9-20/h3-9,12-13,18,21,25H,10-11,14-17H2,1-2H3. The molecule has 1 aromatic carbocycles. The van der Waals surface area contributed by atoms with Crippen molar-refractivity contribution in [1.82, 2.24) is 20.1 Å². The van der Waals surface area contributed by atoms with Gasteiger partial charge >= 0.3 is 0 Å². The first-order chi connectivity index (χ1) is 13.6. The zero-order valence-electron chi connectivity index (χ0n) is 16.8. The molecule has 1 aromatic heterocycles. The molecule has 4 rings (SSSR count). The van der Waals surface area contributed by atoms with Gasteiger partial charge in [-0.2, -0.15) is 0 Å². The van der Waals surface area contributed by atoms with Crippen LogP contribution in [-0.4, -0.2) is 52.0 Å². The second-order valence-electron chi connectivity index (χ2n) is 8.42. The molecule has 1 atom stereocenters. The molecule has 148 valence electrons. The highest BCUT2D eigenvalue weighted by Crippen LogP contribution is 2.35. The van der Waals surface area contributed by atoms with E-state index in [4.69, 9.17) is 0 Å². The third-order valence-electron chi connectivity index (χ3n) is 6.30. The molecule has 0 saturated carbocycles. The van der Waals surface area contributed by atoms with Crippen LogP contribution >= 0.6 is 0 Å². The maximum absolute atomic E-state index is 12.8. The average Bonchev–Trinajstić information content (AvgIpc) is 3.07. The fourth-order valence-electron chi connectivity index (χ4n) is 4.51. The van der Waals surface area contributed by atoms with E-state index in [-0.39, 0.29) is 11.6 Å². The van der Waals surface area contributed by atoms with E-state index < -0.39 is 0 Å². The lowest BCUT2D eigenvalue weighted by Crippen LogP contribution is -2.59. The van der Waals surface area contributed by atoms with Gasteiger partial charge < -0.3 is 4.90 Å². The van der Waals surface area contributed by atoms with Gasteiger partial charge in [0.1, 0.15) is 0 Å². The summed E-state index contributed by atoms with van der Waals surface area (Å²) < 4.78 is 0. The lowest BCUT2D eigenvalue weighted by Gasteiger charge is -2.45. The van der Waals surface area contributed by atoms with Crippen molar-refractivity contribution in [3.63, 3.8) is 0 Å². The Morgan fingerprint density at radius 3 is 2.46 bits per heavy atom. The number of piperidine rings is 1. The summed E-state index contributed by atoms with van der Waals surface area (Å²) in [5.41, 5.74) is 2.06. The number of carbonyl (C=O) groups is 1. The second kappa shape index (κ2) is 8.02. The van der Waals surface area contributed by atoms with Crippen molar-refractivity contribution >= 4 is 5.91 Å². The Balaban J connectivity index is 1.48. The van der Waals surface area contributed by atoms with Crippen molar-refractivity contribution < 1.29 is 4.79 Å². The molecule has 5 nitrogen and oxygen atoms in total. The number of rotatable bonds is 4. The minimum atomic E-state index is -0.0141. The summed E-state index contributed by atoms with van der Waals surface area (Å²) >= 11 is 0. The van der Waals surface area contributed by atoms with Gasteiger partial charge in [0, 0.05) is 50.2 Å². The predicted octanol–water partition coefficient (Wildman–Crippen LogP) is 3.14. The van der Waals surface area contributed by atoms with E-state index in [9.17, 15) is 4.79 Å². The van der Waals surface area contributed by atoms with Gasteiger partial charge in [0.25, 0.3) is 5.91 Å². The van der Waals surface area contributed by atoms with Crippen LogP contribution in [0, 0.1) is 5.92 Å². The first-order valence-corrected chi connectivity index (χ1v) is 10.3. The highest BCUT2D eigenvalue weighted by molar-refractivity contribution is 5.94. The molecule has 2 saturated heterocycles. The van der Waals surface area contributed by atoms with Gasteiger partial charge in [0.15, 0.2) is 0 Å². The Bertz CT molecular complexity index is 785. The smallest absolute Gasteiger partial charge is 0.253 e. The Labute approximate surface area is 167 Å². The van der Waals surface area contributed by atoms with E-state index in [0.29, 0.717) is 12.0 Å². The van der Waals surface area contributed by atoms with Gasteiger partial charge in [-0.05, 0) is 36.5 Å². The maximum atomic E-state index is 12.8. The average molecular weight is 379 g/mol. The van der Waals surface area contributed by atoms with Gasteiger partial charge in [-0.15, -0.1) is 0 Å². The molecule has 2 aromatic rings. The molecule has 2 fully saturated rings. The predicted molar refractivity (Wildman–Crippen MR) is 111 cm³/mol. The zero-order valence-corrected chi connectivity index (χ0v) is 16.8. The monoisotopic (exact) mass is 378 g/mol. The van der Waals surface area contributed by atoms with E-state index in [2.05, 4.69) is 59.4 Å². The lowest BCUT2D eigenvalue weighted by molar-refractivity contribution is 0.0284. The van der Waals surface area contributed by atoms with Gasteiger partial charge in [0.2, 0.25) is 0 Å². The number of benzene rings is 1. The number of hydrogen-bond acceptors (Lipinski definition) is 4. The van der Waals surface area contributed by atoms with Crippen LogP contribution in [0.2, 0.25) is 0 Å². The van der Waals surface area contributed by atoms with E-state index in [1.807, 2.05) is 4.90 Å². The SMILES string of the molecule is CC(C)C1CN(Cc2ccccc2)C2(CCN(C(=O)c3ccncc3)CC2)N1. The number of hydrogen-bond donors (Lipinski definition) is 1. The second-order valence-corrected chi connectivity index (χ2v) is 8.42. The molecular formula is C23H30N4O. The number of carbonyl (C=O) groups excluding carboxylic acids is 1. The third kappa shape index (κ3) is 3.82. The highest BCUT2D eigenvalue weighted by atomic mass is 16.2. The summed E-state index contributed by atoms with van der Waals surface area (Å²) in [6.07, 6.45) is 5.29. The van der Waals surface area contributed by atoms with E-state index in [1.54, 1.807) is 24.5 Å². The van der Waals surface area contributed by atoms with Crippen LogP contribution < -0.4 is 5.32 Å². The third-order valence-corrected chi connectivity index (χ3v) is 6.30. The van der Waals surface area contributed by atoms with Crippen LogP contribution in [-0.2, 0) is 6.54 Å². The molecule has 1 N–H and O–H groups in total. The molecule has 0 bridgehead atoms. The molecule has 5 heteroatoms. The van der Waals surface area contributed by atoms with Gasteiger partial charge in [-0.1, -0.05) is 44.2 Å². The molecule has 1 unspecified atom stereocenters. The summed E-state index contributed by atoms with van der Waals surface area (Å²) in [5, 5.41) is 3.95. The minimum absolute atomic E-state index is 0.0141. The van der Waals surface area contributed by atoms with Crippen molar-refractivity contribution in [2.75, 3.05) is 19.6 Å². The molecule has 0 aliphatic carbocycles. The topological polar surface area (TPSA) is 48.5 Å². The summed E-state index contributed by atoms with van der Waals surface area (Å²) in [6, 6.07) is 14.8. The molecule has 0 radical (unpaired) electrons. The van der Waals surface area contributed by atoms with Crippen LogP contribution in [0.4, 0.5) is 0 Å². The van der Waals surface area contributed by atoms with Crippen molar-refractivity contribution in [2.45, 2.75) is 44.9 Å². The van der Waals surface area contributed by atoms with E-state index in [0.717, 1.165) is 44.6 Å². The minimum Gasteiger partial charge on any atom is -0.338 e. The fourth-order valence-corrected chi connectivity index (χ4v) is 4.51. The van der Waals surface area contributed by atoms with Crippen molar-refractivity contribution in [3.8, 4) is 0 Å². The van der Waals surface area contributed by atoms with Crippen molar-refractivity contribution in [3.05, 3.63) is 66.0 Å². The summed E-state index contributed by atoms with van der Waals surface area (Å²) in [4.78, 5) is 21.4. The highest BCUT2D eigenvalue weighted by Gasteiger charge is 2.47. The molecule has 2 aliphatic heterocycles. The van der Waals surface area contributed by atoms with Gasteiger partial charge in [-0.3, -0.25) is 20.0 Å². The molecule has 1 spiro atoms. The molecular weight excluding hydrogens is 348 g/mol. The lowest BCUT2D eigenvalue weighted by atomic mass is 9.94. The van der Waals surface area contributed by atoms with E-state index >= 15 is 0 Å². The number of likely N-dealkylation sites (tertiary alicyclic amines) is 1. The Hall–Kier alpha value is -2.24. The zero-order chi connectivity index (χ0) is 19.6. The fraction of sp³-hybridized carbons (Fsp3) is 0.478. The Morgan fingerprint density at radius 2 is 1.82 bits per heavy atom. The van der Waals surface area contributed by atoms with Crippen LogP contribution in [0.1, 0.15) is 42.6 Å². The van der Waals surface area contributed by atoms with Gasteiger partial charge in [0.05, 0.1) is 5.66 Å². The number of pyridine rings is 1. The number of aromatic nitrogens is 1. The van der Waals surface area contributed by atoms with Crippen LogP contribution in [0.5, 0.6) is 0 Å². The normalized spacial score (nSPS) is 22.1. The van der Waals surface area contributed by atoms with E-state index in [1.165, 1.54) is 5.56 Å². The first-order valence-electron chi connectivity index (χ1n) is 10.3.